The van der Waals surface area contributed by atoms with Gasteiger partial charge in [0.25, 0.3) is 0 Å². The zero-order chi connectivity index (χ0) is 9.42. The zero-order valence-corrected chi connectivity index (χ0v) is 8.68. The molecular formula is C8H6FIN2O. The highest BCUT2D eigenvalue weighted by atomic mass is 127. The summed E-state index contributed by atoms with van der Waals surface area (Å²) in [7, 11) is 0. The lowest BCUT2D eigenvalue weighted by Gasteiger charge is -2.18. The van der Waals surface area contributed by atoms with E-state index in [1.165, 1.54) is 0 Å². The minimum Gasteiger partial charge on any atom is -0.334 e. The summed E-state index contributed by atoms with van der Waals surface area (Å²) in [5, 5.41) is 5.05. The lowest BCUT2D eigenvalue weighted by atomic mass is 10.1. The molecule has 0 aliphatic carbocycles. The summed E-state index contributed by atoms with van der Waals surface area (Å²) >= 11 is 1.92. The Morgan fingerprint density at radius 1 is 1.46 bits per heavy atom. The Labute approximate surface area is 87.8 Å². The van der Waals surface area contributed by atoms with E-state index in [-0.39, 0.29) is 18.4 Å². The van der Waals surface area contributed by atoms with Crippen molar-refractivity contribution in [3.05, 3.63) is 27.1 Å². The molecule has 0 radical (unpaired) electrons. The molecule has 1 aliphatic heterocycles. The van der Waals surface area contributed by atoms with E-state index in [4.69, 9.17) is 0 Å². The molecule has 2 rings (SSSR count). The number of carbonyl (C=O) groups excluding carboxylic acids is 1. The topological polar surface area (TPSA) is 41.1 Å². The fraction of sp³-hybridized carbons (Fsp3) is 0.125. The molecule has 13 heavy (non-hydrogen) atoms. The minimum atomic E-state index is -0.284. The normalized spacial score (nSPS) is 14.5. The van der Waals surface area contributed by atoms with Gasteiger partial charge in [-0.2, -0.15) is 0 Å². The highest BCUT2D eigenvalue weighted by molar-refractivity contribution is 14.1. The quantitative estimate of drug-likeness (QED) is 0.706. The van der Waals surface area contributed by atoms with Crippen LogP contribution >= 0.6 is 22.6 Å². The van der Waals surface area contributed by atoms with Gasteiger partial charge in [-0.25, -0.2) is 9.18 Å². The maximum atomic E-state index is 13.4. The molecule has 2 N–H and O–H groups in total. The Balaban J connectivity index is 2.53. The van der Waals surface area contributed by atoms with Gasteiger partial charge in [-0.1, -0.05) is 0 Å². The lowest BCUT2D eigenvalue weighted by Crippen LogP contribution is -2.34. The van der Waals surface area contributed by atoms with Crippen LogP contribution in [-0.4, -0.2) is 6.03 Å². The van der Waals surface area contributed by atoms with Crippen LogP contribution in [0, 0.1) is 9.39 Å². The van der Waals surface area contributed by atoms with Crippen molar-refractivity contribution in [2.45, 2.75) is 6.54 Å². The van der Waals surface area contributed by atoms with Crippen LogP contribution in [0.15, 0.2) is 12.1 Å². The van der Waals surface area contributed by atoms with Gasteiger partial charge in [0.1, 0.15) is 5.82 Å². The summed E-state index contributed by atoms with van der Waals surface area (Å²) in [5.41, 5.74) is 1.08. The van der Waals surface area contributed by atoms with Gasteiger partial charge >= 0.3 is 6.03 Å². The molecule has 1 aromatic carbocycles. The predicted molar refractivity (Wildman–Crippen MR) is 55.0 cm³/mol. The molecule has 5 heteroatoms. The third kappa shape index (κ3) is 1.48. The average molecular weight is 292 g/mol. The molecule has 1 heterocycles. The maximum absolute atomic E-state index is 13.4. The lowest BCUT2D eigenvalue weighted by molar-refractivity contribution is 0.250. The Hall–Kier alpha value is -0.850. The summed E-state index contributed by atoms with van der Waals surface area (Å²) in [6, 6.07) is 3.06. The van der Waals surface area contributed by atoms with Gasteiger partial charge in [0, 0.05) is 15.7 Å². The Bertz CT molecular complexity index is 381. The minimum absolute atomic E-state index is 0.254. The van der Waals surface area contributed by atoms with Crippen molar-refractivity contribution >= 4 is 34.3 Å². The van der Waals surface area contributed by atoms with E-state index in [2.05, 4.69) is 10.6 Å². The second-order valence-electron chi connectivity index (χ2n) is 2.70. The van der Waals surface area contributed by atoms with Crippen molar-refractivity contribution < 1.29 is 9.18 Å². The van der Waals surface area contributed by atoms with Crippen molar-refractivity contribution in [1.29, 1.82) is 0 Å². The number of nitrogens with one attached hydrogen (secondary N) is 2. The second kappa shape index (κ2) is 3.13. The number of hydrogen-bond donors (Lipinski definition) is 2. The monoisotopic (exact) mass is 292 g/mol. The van der Waals surface area contributed by atoms with Gasteiger partial charge in [-0.05, 0) is 34.7 Å². The molecule has 2 amide bonds. The second-order valence-corrected chi connectivity index (χ2v) is 3.86. The third-order valence-corrected chi connectivity index (χ3v) is 2.70. The largest absolute Gasteiger partial charge is 0.334 e. The molecule has 0 atom stereocenters. The molecule has 1 aromatic rings. The summed E-state index contributed by atoms with van der Waals surface area (Å²) in [4.78, 5) is 10.9. The first-order chi connectivity index (χ1) is 6.18. The Kier molecular flexibility index (Phi) is 2.10. The fourth-order valence-electron chi connectivity index (χ4n) is 1.22. The number of urea groups is 1. The standard InChI is InChI=1S/C8H6FIN2O/c9-7-4-3-11-8(13)12-6(4)2-1-5(7)10/h1-2H,3H2,(H2,11,12,13). The van der Waals surface area contributed by atoms with Gasteiger partial charge in [0.05, 0.1) is 5.69 Å². The van der Waals surface area contributed by atoms with Crippen molar-refractivity contribution in [2.75, 3.05) is 5.32 Å². The van der Waals surface area contributed by atoms with Gasteiger partial charge < -0.3 is 10.6 Å². The summed E-state index contributed by atoms with van der Waals surface area (Å²) in [6.45, 7) is 0.254. The van der Waals surface area contributed by atoms with E-state index in [0.717, 1.165) is 0 Å². The number of amides is 2. The zero-order valence-electron chi connectivity index (χ0n) is 6.53. The van der Waals surface area contributed by atoms with E-state index in [0.29, 0.717) is 14.8 Å². The molecule has 0 fully saturated rings. The van der Waals surface area contributed by atoms with E-state index >= 15 is 0 Å². The molecule has 0 bridgehead atoms. The number of anilines is 1. The average Bonchev–Trinajstić information content (AvgIpc) is 2.12. The fourth-order valence-corrected chi connectivity index (χ4v) is 1.72. The van der Waals surface area contributed by atoms with E-state index in [1.807, 2.05) is 22.6 Å². The van der Waals surface area contributed by atoms with Crippen LogP contribution in [-0.2, 0) is 6.54 Å². The van der Waals surface area contributed by atoms with Crippen molar-refractivity contribution in [1.82, 2.24) is 5.32 Å². The third-order valence-electron chi connectivity index (χ3n) is 1.87. The highest BCUT2D eigenvalue weighted by Gasteiger charge is 2.18. The number of benzene rings is 1. The summed E-state index contributed by atoms with van der Waals surface area (Å²) < 4.78 is 14.0. The molecule has 0 saturated heterocycles. The Morgan fingerprint density at radius 3 is 3.00 bits per heavy atom. The van der Waals surface area contributed by atoms with Crippen LogP contribution in [0.25, 0.3) is 0 Å². The summed E-state index contributed by atoms with van der Waals surface area (Å²) in [5.74, 6) is -0.259. The van der Waals surface area contributed by atoms with Crippen LogP contribution < -0.4 is 10.6 Å². The first-order valence-electron chi connectivity index (χ1n) is 3.70. The first kappa shape index (κ1) is 8.74. The highest BCUT2D eigenvalue weighted by Crippen LogP contribution is 2.25. The number of rotatable bonds is 0. The predicted octanol–water partition coefficient (Wildman–Crippen LogP) is 2.07. The van der Waals surface area contributed by atoms with Gasteiger partial charge in [0.2, 0.25) is 0 Å². The van der Waals surface area contributed by atoms with Crippen LogP contribution in [0.1, 0.15) is 5.56 Å². The number of hydrogen-bond acceptors (Lipinski definition) is 1. The first-order valence-corrected chi connectivity index (χ1v) is 4.78. The van der Waals surface area contributed by atoms with Gasteiger partial charge in [-0.15, -0.1) is 0 Å². The van der Waals surface area contributed by atoms with E-state index in [9.17, 15) is 9.18 Å². The number of halogens is 2. The van der Waals surface area contributed by atoms with Crippen LogP contribution in [0.4, 0.5) is 14.9 Å². The molecular weight excluding hydrogens is 286 g/mol. The van der Waals surface area contributed by atoms with Crippen LogP contribution in [0.3, 0.4) is 0 Å². The number of fused-ring (bicyclic) bond motifs is 1. The van der Waals surface area contributed by atoms with E-state index < -0.39 is 0 Å². The van der Waals surface area contributed by atoms with Gasteiger partial charge in [0.15, 0.2) is 0 Å². The smallest absolute Gasteiger partial charge is 0.319 e. The molecule has 0 aromatic heterocycles. The van der Waals surface area contributed by atoms with Crippen molar-refractivity contribution in [2.24, 2.45) is 0 Å². The number of carbonyl (C=O) groups is 1. The van der Waals surface area contributed by atoms with E-state index in [1.54, 1.807) is 12.1 Å². The SMILES string of the molecule is O=C1NCc2c(ccc(I)c2F)N1. The molecule has 1 aliphatic rings. The van der Waals surface area contributed by atoms with Crippen molar-refractivity contribution in [3.8, 4) is 0 Å². The molecule has 0 spiro atoms. The molecule has 3 nitrogen and oxygen atoms in total. The molecule has 0 unspecified atom stereocenters. The van der Waals surface area contributed by atoms with Crippen LogP contribution in [0.5, 0.6) is 0 Å². The maximum Gasteiger partial charge on any atom is 0.319 e. The Morgan fingerprint density at radius 2 is 2.23 bits per heavy atom. The van der Waals surface area contributed by atoms with Crippen molar-refractivity contribution in [3.63, 3.8) is 0 Å². The molecule has 0 saturated carbocycles. The van der Waals surface area contributed by atoms with Crippen LogP contribution in [0.2, 0.25) is 0 Å². The molecule has 68 valence electrons. The summed E-state index contributed by atoms with van der Waals surface area (Å²) in [6.07, 6.45) is 0. The van der Waals surface area contributed by atoms with Gasteiger partial charge in [-0.3, -0.25) is 0 Å².